The molecule has 0 radical (unpaired) electrons. The van der Waals surface area contributed by atoms with Crippen LogP contribution in [0.1, 0.15) is 43.5 Å². The number of amides is 1. The van der Waals surface area contributed by atoms with Gasteiger partial charge in [-0.25, -0.2) is 0 Å². The van der Waals surface area contributed by atoms with Gasteiger partial charge in [0.25, 0.3) is 5.91 Å². The molecule has 2 rings (SSSR count). The van der Waals surface area contributed by atoms with E-state index in [1.165, 1.54) is 6.42 Å². The summed E-state index contributed by atoms with van der Waals surface area (Å²) >= 11 is 0. The Morgan fingerprint density at radius 2 is 1.85 bits per heavy atom. The number of benzene rings is 1. The monoisotopic (exact) mass is 275 g/mol. The van der Waals surface area contributed by atoms with Gasteiger partial charge in [-0.15, -0.1) is 0 Å². The first kappa shape index (κ1) is 14.6. The molecule has 0 spiro atoms. The molecule has 1 fully saturated rings. The van der Waals surface area contributed by atoms with Crippen LogP contribution in [0.4, 0.5) is 0 Å². The standard InChI is InChI=1S/C16H21NO3/c1-12-4-3-5-13(2)17(12)16(19)11-20-15-8-6-14(10-18)7-9-15/h6-10,12-13H,3-5,11H2,1-2H3. The maximum absolute atomic E-state index is 12.3. The van der Waals surface area contributed by atoms with Crippen LogP contribution < -0.4 is 4.74 Å². The molecule has 1 aliphatic heterocycles. The van der Waals surface area contributed by atoms with Gasteiger partial charge in [-0.1, -0.05) is 0 Å². The van der Waals surface area contributed by atoms with E-state index in [1.807, 2.05) is 4.90 Å². The van der Waals surface area contributed by atoms with Gasteiger partial charge in [0.1, 0.15) is 12.0 Å². The van der Waals surface area contributed by atoms with Crippen molar-refractivity contribution in [2.75, 3.05) is 6.61 Å². The Kier molecular flexibility index (Phi) is 4.77. The van der Waals surface area contributed by atoms with E-state index in [0.29, 0.717) is 11.3 Å². The van der Waals surface area contributed by atoms with Gasteiger partial charge in [0.2, 0.25) is 0 Å². The summed E-state index contributed by atoms with van der Waals surface area (Å²) in [6, 6.07) is 7.34. The van der Waals surface area contributed by atoms with Gasteiger partial charge in [-0.3, -0.25) is 9.59 Å². The highest BCUT2D eigenvalue weighted by atomic mass is 16.5. The minimum absolute atomic E-state index is 0.0316. The second-order valence-electron chi connectivity index (χ2n) is 5.41. The maximum Gasteiger partial charge on any atom is 0.260 e. The van der Waals surface area contributed by atoms with E-state index in [4.69, 9.17) is 4.74 Å². The van der Waals surface area contributed by atoms with Crippen molar-refractivity contribution in [1.82, 2.24) is 4.90 Å². The van der Waals surface area contributed by atoms with Gasteiger partial charge in [0.05, 0.1) is 0 Å². The molecule has 0 bridgehead atoms. The van der Waals surface area contributed by atoms with Crippen LogP contribution in [0.15, 0.2) is 24.3 Å². The Balaban J connectivity index is 1.91. The average molecular weight is 275 g/mol. The van der Waals surface area contributed by atoms with Crippen LogP contribution in [0.5, 0.6) is 5.75 Å². The molecule has 1 amide bonds. The van der Waals surface area contributed by atoms with Crippen LogP contribution in [-0.4, -0.2) is 35.8 Å². The normalized spacial score (nSPS) is 22.4. The van der Waals surface area contributed by atoms with Crippen LogP contribution in [0.25, 0.3) is 0 Å². The summed E-state index contributed by atoms with van der Waals surface area (Å²) in [5.74, 6) is 0.644. The molecule has 1 aromatic carbocycles. The highest BCUT2D eigenvalue weighted by Gasteiger charge is 2.28. The van der Waals surface area contributed by atoms with Crippen LogP contribution in [0.2, 0.25) is 0 Å². The first-order valence-corrected chi connectivity index (χ1v) is 7.11. The lowest BCUT2D eigenvalue weighted by Crippen LogP contribution is -2.49. The van der Waals surface area contributed by atoms with E-state index in [-0.39, 0.29) is 24.6 Å². The third-order valence-electron chi connectivity index (χ3n) is 3.86. The van der Waals surface area contributed by atoms with Crippen molar-refractivity contribution >= 4 is 12.2 Å². The van der Waals surface area contributed by atoms with Crippen molar-refractivity contribution < 1.29 is 14.3 Å². The SMILES string of the molecule is CC1CCCC(C)N1C(=O)COc1ccc(C=O)cc1. The number of likely N-dealkylation sites (tertiary alicyclic amines) is 1. The van der Waals surface area contributed by atoms with Crippen LogP contribution in [-0.2, 0) is 4.79 Å². The molecule has 1 saturated heterocycles. The Labute approximate surface area is 119 Å². The van der Waals surface area contributed by atoms with Crippen molar-refractivity contribution in [3.63, 3.8) is 0 Å². The lowest BCUT2D eigenvalue weighted by Gasteiger charge is -2.38. The van der Waals surface area contributed by atoms with Crippen LogP contribution >= 0.6 is 0 Å². The second kappa shape index (κ2) is 6.55. The summed E-state index contributed by atoms with van der Waals surface area (Å²) in [6.45, 7) is 4.23. The fourth-order valence-electron chi connectivity index (χ4n) is 2.78. The molecule has 4 nitrogen and oxygen atoms in total. The summed E-state index contributed by atoms with van der Waals surface area (Å²) in [6.07, 6.45) is 4.08. The van der Waals surface area contributed by atoms with Crippen LogP contribution in [0, 0.1) is 0 Å². The summed E-state index contributed by atoms with van der Waals surface area (Å²) in [7, 11) is 0. The molecule has 1 aliphatic rings. The highest BCUT2D eigenvalue weighted by molar-refractivity contribution is 5.78. The molecule has 0 N–H and O–H groups in total. The maximum atomic E-state index is 12.3. The number of ether oxygens (including phenoxy) is 1. The zero-order valence-corrected chi connectivity index (χ0v) is 12.0. The number of hydrogen-bond donors (Lipinski definition) is 0. The van der Waals surface area contributed by atoms with Gasteiger partial charge in [-0.05, 0) is 57.4 Å². The molecular weight excluding hydrogens is 254 g/mol. The molecule has 1 aromatic rings. The van der Waals surface area contributed by atoms with Crippen molar-refractivity contribution in [1.29, 1.82) is 0 Å². The first-order valence-electron chi connectivity index (χ1n) is 7.11. The van der Waals surface area contributed by atoms with Gasteiger partial charge >= 0.3 is 0 Å². The summed E-state index contributed by atoms with van der Waals surface area (Å²) in [4.78, 5) is 24.8. The Morgan fingerprint density at radius 1 is 1.25 bits per heavy atom. The summed E-state index contributed by atoms with van der Waals surface area (Å²) in [5.41, 5.74) is 0.599. The number of carbonyl (C=O) groups is 2. The van der Waals surface area contributed by atoms with Crippen molar-refractivity contribution in [2.45, 2.75) is 45.2 Å². The summed E-state index contributed by atoms with van der Waals surface area (Å²) < 4.78 is 5.51. The molecule has 0 saturated carbocycles. The molecular formula is C16H21NO3. The van der Waals surface area contributed by atoms with Crippen molar-refractivity contribution in [3.8, 4) is 5.75 Å². The molecule has 108 valence electrons. The average Bonchev–Trinajstić information content (AvgIpc) is 2.45. The first-order chi connectivity index (χ1) is 9.61. The number of aldehydes is 1. The highest BCUT2D eigenvalue weighted by Crippen LogP contribution is 2.22. The smallest absolute Gasteiger partial charge is 0.260 e. The third kappa shape index (κ3) is 3.38. The van der Waals surface area contributed by atoms with Crippen molar-refractivity contribution in [2.24, 2.45) is 0 Å². The predicted molar refractivity (Wildman–Crippen MR) is 76.9 cm³/mol. The second-order valence-corrected chi connectivity index (χ2v) is 5.41. The number of hydrogen-bond acceptors (Lipinski definition) is 3. The number of nitrogens with zero attached hydrogens (tertiary/aromatic N) is 1. The lowest BCUT2D eigenvalue weighted by molar-refractivity contribution is -0.139. The quantitative estimate of drug-likeness (QED) is 0.794. The topological polar surface area (TPSA) is 46.6 Å². The Hall–Kier alpha value is -1.84. The molecule has 1 heterocycles. The molecule has 4 heteroatoms. The minimum atomic E-state index is 0.0316. The third-order valence-corrected chi connectivity index (χ3v) is 3.86. The fraction of sp³-hybridized carbons (Fsp3) is 0.500. The molecule has 2 unspecified atom stereocenters. The lowest BCUT2D eigenvalue weighted by atomic mass is 9.97. The van der Waals surface area contributed by atoms with E-state index in [1.54, 1.807) is 24.3 Å². The van der Waals surface area contributed by atoms with E-state index >= 15 is 0 Å². The Bertz CT molecular complexity index is 459. The van der Waals surface area contributed by atoms with E-state index in [0.717, 1.165) is 19.1 Å². The van der Waals surface area contributed by atoms with E-state index in [9.17, 15) is 9.59 Å². The van der Waals surface area contributed by atoms with Gasteiger partial charge < -0.3 is 9.64 Å². The summed E-state index contributed by atoms with van der Waals surface area (Å²) in [5, 5.41) is 0. The fourth-order valence-corrected chi connectivity index (χ4v) is 2.78. The van der Waals surface area contributed by atoms with Gasteiger partial charge in [0, 0.05) is 17.6 Å². The number of rotatable bonds is 4. The zero-order valence-electron chi connectivity index (χ0n) is 12.0. The van der Waals surface area contributed by atoms with Gasteiger partial charge in [-0.2, -0.15) is 0 Å². The number of piperidine rings is 1. The molecule has 20 heavy (non-hydrogen) atoms. The van der Waals surface area contributed by atoms with Crippen molar-refractivity contribution in [3.05, 3.63) is 29.8 Å². The van der Waals surface area contributed by atoms with Crippen LogP contribution in [0.3, 0.4) is 0 Å². The van der Waals surface area contributed by atoms with E-state index < -0.39 is 0 Å². The predicted octanol–water partition coefficient (Wildman–Crippen LogP) is 2.67. The van der Waals surface area contributed by atoms with E-state index in [2.05, 4.69) is 13.8 Å². The molecule has 0 aromatic heterocycles. The van der Waals surface area contributed by atoms with Gasteiger partial charge in [0.15, 0.2) is 6.61 Å². The molecule has 2 atom stereocenters. The number of carbonyl (C=O) groups excluding carboxylic acids is 2. The zero-order chi connectivity index (χ0) is 14.5. The largest absolute Gasteiger partial charge is 0.484 e. The molecule has 0 aliphatic carbocycles. The minimum Gasteiger partial charge on any atom is -0.484 e. The Morgan fingerprint density at radius 3 is 2.40 bits per heavy atom.